The van der Waals surface area contributed by atoms with Crippen LogP contribution in [-0.4, -0.2) is 20.1 Å². The maximum atomic E-state index is 10.8. The Morgan fingerprint density at radius 3 is 2.67 bits per heavy atom. The normalized spacial score (nSPS) is 10.5. The smallest absolute Gasteiger partial charge is 0.262 e. The minimum Gasteiger partial charge on any atom is -0.262 e. The fourth-order valence-corrected chi connectivity index (χ4v) is 2.05. The van der Waals surface area contributed by atoms with Gasteiger partial charge in [-0.05, 0) is 5.56 Å². The molecule has 0 bridgehead atoms. The third kappa shape index (κ3) is 2.94. The van der Waals surface area contributed by atoms with E-state index in [4.69, 9.17) is 0 Å². The lowest BCUT2D eigenvalue weighted by atomic mass is 10.1. The zero-order valence-electron chi connectivity index (χ0n) is 11.1. The number of hydrogen-bond acceptors (Lipinski definition) is 4. The van der Waals surface area contributed by atoms with Gasteiger partial charge in [-0.2, -0.15) is 5.10 Å². The van der Waals surface area contributed by atoms with Crippen molar-refractivity contribution in [2.75, 3.05) is 0 Å². The van der Waals surface area contributed by atoms with Crippen LogP contribution in [0.15, 0.2) is 54.6 Å². The van der Waals surface area contributed by atoms with Gasteiger partial charge in [0.2, 0.25) is 0 Å². The average molecular weight is 280 g/mol. The van der Waals surface area contributed by atoms with Crippen LogP contribution in [0.4, 0.5) is 5.69 Å². The summed E-state index contributed by atoms with van der Waals surface area (Å²) >= 11 is 0. The van der Waals surface area contributed by atoms with E-state index < -0.39 is 4.92 Å². The number of nitro benzene ring substituents is 1. The molecule has 1 aromatic heterocycles. The van der Waals surface area contributed by atoms with E-state index in [-0.39, 0.29) is 5.69 Å². The Kier molecular flexibility index (Phi) is 3.42. The fourth-order valence-electron chi connectivity index (χ4n) is 2.05. The van der Waals surface area contributed by atoms with Crippen LogP contribution in [0.1, 0.15) is 11.4 Å². The molecule has 6 nitrogen and oxygen atoms in total. The zero-order valence-corrected chi connectivity index (χ0v) is 11.1. The SMILES string of the molecule is O=[N+]([O-])c1cccc(-c2n[nH]c(Cc3ccccc3)n2)c1. The van der Waals surface area contributed by atoms with E-state index in [9.17, 15) is 10.1 Å². The monoisotopic (exact) mass is 280 g/mol. The molecule has 0 spiro atoms. The Morgan fingerprint density at radius 1 is 1.10 bits per heavy atom. The van der Waals surface area contributed by atoms with Gasteiger partial charge in [0.25, 0.3) is 5.69 Å². The summed E-state index contributed by atoms with van der Waals surface area (Å²) in [5.74, 6) is 1.19. The molecule has 1 heterocycles. The Morgan fingerprint density at radius 2 is 1.90 bits per heavy atom. The topological polar surface area (TPSA) is 84.7 Å². The first-order valence-electron chi connectivity index (χ1n) is 6.42. The van der Waals surface area contributed by atoms with E-state index >= 15 is 0 Å². The van der Waals surface area contributed by atoms with Crippen LogP contribution in [0, 0.1) is 10.1 Å². The molecule has 3 aromatic rings. The molecule has 0 saturated carbocycles. The maximum Gasteiger partial charge on any atom is 0.270 e. The van der Waals surface area contributed by atoms with Crippen LogP contribution >= 0.6 is 0 Å². The molecular weight excluding hydrogens is 268 g/mol. The molecule has 104 valence electrons. The van der Waals surface area contributed by atoms with Crippen molar-refractivity contribution >= 4 is 5.69 Å². The predicted octanol–water partition coefficient (Wildman–Crippen LogP) is 2.97. The molecule has 0 saturated heterocycles. The highest BCUT2D eigenvalue weighted by atomic mass is 16.6. The van der Waals surface area contributed by atoms with E-state index in [0.29, 0.717) is 17.8 Å². The molecule has 0 aliphatic carbocycles. The maximum absolute atomic E-state index is 10.8. The van der Waals surface area contributed by atoms with Crippen molar-refractivity contribution < 1.29 is 4.92 Å². The summed E-state index contributed by atoms with van der Waals surface area (Å²) in [6.45, 7) is 0. The highest BCUT2D eigenvalue weighted by molar-refractivity contribution is 5.58. The first-order chi connectivity index (χ1) is 10.2. The van der Waals surface area contributed by atoms with Crippen LogP contribution in [-0.2, 0) is 6.42 Å². The van der Waals surface area contributed by atoms with Gasteiger partial charge >= 0.3 is 0 Å². The summed E-state index contributed by atoms with van der Waals surface area (Å²) in [6.07, 6.45) is 0.642. The Hall–Kier alpha value is -3.02. The molecule has 0 aliphatic heterocycles. The number of nitro groups is 1. The standard InChI is InChI=1S/C15H12N4O2/c20-19(21)13-8-4-7-12(10-13)15-16-14(17-18-15)9-11-5-2-1-3-6-11/h1-8,10H,9H2,(H,16,17,18). The van der Waals surface area contributed by atoms with Gasteiger partial charge in [-0.25, -0.2) is 4.98 Å². The van der Waals surface area contributed by atoms with Crippen molar-refractivity contribution in [3.8, 4) is 11.4 Å². The van der Waals surface area contributed by atoms with Crippen molar-refractivity contribution in [2.24, 2.45) is 0 Å². The predicted molar refractivity (Wildman–Crippen MR) is 77.7 cm³/mol. The largest absolute Gasteiger partial charge is 0.270 e. The van der Waals surface area contributed by atoms with Crippen molar-refractivity contribution in [2.45, 2.75) is 6.42 Å². The molecule has 0 amide bonds. The number of nitrogens with zero attached hydrogens (tertiary/aromatic N) is 3. The number of aromatic amines is 1. The van der Waals surface area contributed by atoms with Crippen molar-refractivity contribution in [3.05, 3.63) is 76.1 Å². The van der Waals surface area contributed by atoms with Gasteiger partial charge in [0.05, 0.1) is 4.92 Å². The molecule has 6 heteroatoms. The summed E-state index contributed by atoms with van der Waals surface area (Å²) in [6, 6.07) is 16.2. The quantitative estimate of drug-likeness (QED) is 0.588. The zero-order chi connectivity index (χ0) is 14.7. The molecule has 0 fully saturated rings. The third-order valence-corrected chi connectivity index (χ3v) is 3.06. The second-order valence-electron chi connectivity index (χ2n) is 4.58. The number of hydrogen-bond donors (Lipinski definition) is 1. The highest BCUT2D eigenvalue weighted by Crippen LogP contribution is 2.21. The van der Waals surface area contributed by atoms with Crippen molar-refractivity contribution in [1.29, 1.82) is 0 Å². The summed E-state index contributed by atoms with van der Waals surface area (Å²) in [7, 11) is 0. The highest BCUT2D eigenvalue weighted by Gasteiger charge is 2.11. The van der Waals surface area contributed by atoms with Gasteiger partial charge in [-0.1, -0.05) is 42.5 Å². The third-order valence-electron chi connectivity index (χ3n) is 3.06. The number of H-pyrrole nitrogens is 1. The van der Waals surface area contributed by atoms with Crippen LogP contribution < -0.4 is 0 Å². The summed E-state index contributed by atoms with van der Waals surface area (Å²) in [5.41, 5.74) is 1.78. The number of rotatable bonds is 4. The van der Waals surface area contributed by atoms with Crippen molar-refractivity contribution in [3.63, 3.8) is 0 Å². The summed E-state index contributed by atoms with van der Waals surface area (Å²) in [5, 5.41) is 17.8. The molecule has 0 aliphatic rings. The Bertz CT molecular complexity index is 768. The van der Waals surface area contributed by atoms with Crippen LogP contribution in [0.5, 0.6) is 0 Å². The van der Waals surface area contributed by atoms with E-state index in [1.165, 1.54) is 12.1 Å². The fraction of sp³-hybridized carbons (Fsp3) is 0.0667. The first kappa shape index (κ1) is 13.0. The molecule has 0 unspecified atom stereocenters. The lowest BCUT2D eigenvalue weighted by Gasteiger charge is -1.96. The number of nitrogens with one attached hydrogen (secondary N) is 1. The number of aromatic nitrogens is 3. The molecule has 0 radical (unpaired) electrons. The Balaban J connectivity index is 1.85. The van der Waals surface area contributed by atoms with Gasteiger partial charge < -0.3 is 0 Å². The lowest BCUT2D eigenvalue weighted by Crippen LogP contribution is -1.90. The molecular formula is C15H12N4O2. The van der Waals surface area contributed by atoms with Crippen molar-refractivity contribution in [1.82, 2.24) is 15.2 Å². The summed E-state index contributed by atoms with van der Waals surface area (Å²) < 4.78 is 0. The van der Waals surface area contributed by atoms with E-state index in [2.05, 4.69) is 15.2 Å². The van der Waals surface area contributed by atoms with Gasteiger partial charge in [0.1, 0.15) is 5.82 Å². The molecule has 21 heavy (non-hydrogen) atoms. The lowest BCUT2D eigenvalue weighted by molar-refractivity contribution is -0.384. The Labute approximate surface area is 120 Å². The van der Waals surface area contributed by atoms with E-state index in [1.54, 1.807) is 12.1 Å². The number of benzene rings is 2. The van der Waals surface area contributed by atoms with Crippen LogP contribution in [0.25, 0.3) is 11.4 Å². The molecule has 2 aromatic carbocycles. The van der Waals surface area contributed by atoms with E-state index in [0.717, 1.165) is 11.4 Å². The van der Waals surface area contributed by atoms with Crippen LogP contribution in [0.3, 0.4) is 0 Å². The van der Waals surface area contributed by atoms with Gasteiger partial charge in [0, 0.05) is 24.1 Å². The van der Waals surface area contributed by atoms with E-state index in [1.807, 2.05) is 30.3 Å². The second-order valence-corrected chi connectivity index (χ2v) is 4.58. The van der Waals surface area contributed by atoms with Gasteiger partial charge in [-0.15, -0.1) is 0 Å². The minimum absolute atomic E-state index is 0.0295. The molecule has 0 atom stereocenters. The average Bonchev–Trinajstić information content (AvgIpc) is 2.97. The molecule has 3 rings (SSSR count). The molecule has 1 N–H and O–H groups in total. The summed E-state index contributed by atoms with van der Waals surface area (Å²) in [4.78, 5) is 14.7. The minimum atomic E-state index is -0.430. The van der Waals surface area contributed by atoms with Gasteiger partial charge in [-0.3, -0.25) is 15.2 Å². The van der Waals surface area contributed by atoms with Crippen LogP contribution in [0.2, 0.25) is 0 Å². The second kappa shape index (κ2) is 5.54. The number of non-ortho nitro benzene ring substituents is 1. The first-order valence-corrected chi connectivity index (χ1v) is 6.42. The van der Waals surface area contributed by atoms with Gasteiger partial charge in [0.15, 0.2) is 5.82 Å².